The summed E-state index contributed by atoms with van der Waals surface area (Å²) in [5.41, 5.74) is 4.57. The molecule has 0 spiro atoms. The lowest BCUT2D eigenvalue weighted by Gasteiger charge is -2.31. The standard InChI is InChI=1S/C27H25NO3/c1-30-25-12-8-20(9-13-25)16-22-18-28(24-6-4-3-5-7-24)19-23(27(22)29)17-21-10-14-26(31-2)15-11-21/h3-17H,18-19H2,1-2H3/b22-16+,23-17+. The molecule has 1 fully saturated rings. The molecule has 0 atom stereocenters. The van der Waals surface area contributed by atoms with E-state index in [1.807, 2.05) is 78.9 Å². The van der Waals surface area contributed by atoms with Gasteiger partial charge in [-0.25, -0.2) is 0 Å². The molecule has 0 N–H and O–H groups in total. The molecule has 3 aromatic rings. The number of nitrogens with zero attached hydrogens (tertiary/aromatic N) is 1. The lowest BCUT2D eigenvalue weighted by Crippen LogP contribution is -2.37. The fourth-order valence-electron chi connectivity index (χ4n) is 3.66. The van der Waals surface area contributed by atoms with E-state index in [9.17, 15) is 4.79 Å². The van der Waals surface area contributed by atoms with Crippen LogP contribution in [0.25, 0.3) is 12.2 Å². The Morgan fingerprint density at radius 3 is 1.55 bits per heavy atom. The van der Waals surface area contributed by atoms with E-state index in [1.165, 1.54) is 0 Å². The smallest absolute Gasteiger partial charge is 0.188 e. The van der Waals surface area contributed by atoms with Gasteiger partial charge >= 0.3 is 0 Å². The summed E-state index contributed by atoms with van der Waals surface area (Å²) in [6.45, 7) is 1.13. The third kappa shape index (κ3) is 4.86. The van der Waals surface area contributed by atoms with Crippen molar-refractivity contribution >= 4 is 23.6 Å². The molecule has 156 valence electrons. The molecule has 0 amide bonds. The maximum atomic E-state index is 13.3. The van der Waals surface area contributed by atoms with Crippen molar-refractivity contribution in [3.63, 3.8) is 0 Å². The second kappa shape index (κ2) is 9.35. The van der Waals surface area contributed by atoms with Gasteiger partial charge in [0.15, 0.2) is 5.78 Å². The molecule has 0 aromatic heterocycles. The number of rotatable bonds is 5. The number of carbonyl (C=O) groups is 1. The number of carbonyl (C=O) groups excluding carboxylic acids is 1. The van der Waals surface area contributed by atoms with Crippen LogP contribution >= 0.6 is 0 Å². The highest BCUT2D eigenvalue weighted by molar-refractivity contribution is 6.15. The van der Waals surface area contributed by atoms with Gasteiger partial charge in [0.2, 0.25) is 0 Å². The first kappa shape index (κ1) is 20.5. The van der Waals surface area contributed by atoms with Crippen LogP contribution in [-0.4, -0.2) is 33.1 Å². The van der Waals surface area contributed by atoms with E-state index in [-0.39, 0.29) is 5.78 Å². The minimum atomic E-state index is 0.0822. The second-order valence-electron chi connectivity index (χ2n) is 7.41. The quantitative estimate of drug-likeness (QED) is 0.537. The van der Waals surface area contributed by atoms with Gasteiger partial charge in [-0.15, -0.1) is 0 Å². The van der Waals surface area contributed by atoms with Crippen molar-refractivity contribution in [2.45, 2.75) is 0 Å². The number of para-hydroxylation sites is 1. The molecule has 1 saturated heterocycles. The fraction of sp³-hybridized carbons (Fsp3) is 0.148. The molecule has 0 unspecified atom stereocenters. The van der Waals surface area contributed by atoms with E-state index >= 15 is 0 Å². The van der Waals surface area contributed by atoms with E-state index in [0.717, 1.165) is 39.5 Å². The molecular weight excluding hydrogens is 386 g/mol. The Morgan fingerprint density at radius 1 is 0.677 bits per heavy atom. The monoisotopic (exact) mass is 411 g/mol. The molecule has 4 nitrogen and oxygen atoms in total. The van der Waals surface area contributed by atoms with Crippen molar-refractivity contribution < 1.29 is 14.3 Å². The molecular formula is C27H25NO3. The number of ether oxygens (including phenoxy) is 2. The number of methoxy groups -OCH3 is 2. The van der Waals surface area contributed by atoms with Crippen LogP contribution in [0.15, 0.2) is 90.0 Å². The zero-order valence-corrected chi connectivity index (χ0v) is 17.7. The van der Waals surface area contributed by atoms with E-state index in [1.54, 1.807) is 14.2 Å². The molecule has 0 saturated carbocycles. The predicted octanol–water partition coefficient (Wildman–Crippen LogP) is 5.26. The summed E-state index contributed by atoms with van der Waals surface area (Å²) in [6, 6.07) is 25.7. The Morgan fingerprint density at radius 2 is 1.13 bits per heavy atom. The van der Waals surface area contributed by atoms with E-state index in [2.05, 4.69) is 17.0 Å². The van der Waals surface area contributed by atoms with Gasteiger partial charge in [-0.05, 0) is 59.7 Å². The maximum Gasteiger partial charge on any atom is 0.188 e. The second-order valence-corrected chi connectivity index (χ2v) is 7.41. The van der Waals surface area contributed by atoms with Gasteiger partial charge in [0.1, 0.15) is 11.5 Å². The fourth-order valence-corrected chi connectivity index (χ4v) is 3.66. The summed E-state index contributed by atoms with van der Waals surface area (Å²) < 4.78 is 10.5. The van der Waals surface area contributed by atoms with Crippen LogP contribution in [0, 0.1) is 0 Å². The Kier molecular flexibility index (Phi) is 6.18. The van der Waals surface area contributed by atoms with E-state index < -0.39 is 0 Å². The van der Waals surface area contributed by atoms with Crippen LogP contribution < -0.4 is 14.4 Å². The predicted molar refractivity (Wildman–Crippen MR) is 126 cm³/mol. The zero-order chi connectivity index (χ0) is 21.6. The molecule has 4 heteroatoms. The topological polar surface area (TPSA) is 38.8 Å². The third-order valence-electron chi connectivity index (χ3n) is 5.34. The Hall–Kier alpha value is -3.79. The third-order valence-corrected chi connectivity index (χ3v) is 5.34. The maximum absolute atomic E-state index is 13.3. The molecule has 0 aliphatic carbocycles. The Balaban J connectivity index is 1.70. The van der Waals surface area contributed by atoms with Crippen LogP contribution in [0.3, 0.4) is 0 Å². The summed E-state index contributed by atoms with van der Waals surface area (Å²) in [5.74, 6) is 1.67. The van der Waals surface area contributed by atoms with Crippen LogP contribution in [0.4, 0.5) is 5.69 Å². The average molecular weight is 412 g/mol. The summed E-state index contributed by atoms with van der Waals surface area (Å²) in [6.07, 6.45) is 3.94. The highest BCUT2D eigenvalue weighted by Gasteiger charge is 2.26. The van der Waals surface area contributed by atoms with Crippen molar-refractivity contribution in [3.8, 4) is 11.5 Å². The minimum Gasteiger partial charge on any atom is -0.497 e. The molecule has 31 heavy (non-hydrogen) atoms. The number of hydrogen-bond acceptors (Lipinski definition) is 4. The van der Waals surface area contributed by atoms with Crippen molar-refractivity contribution in [1.29, 1.82) is 0 Å². The van der Waals surface area contributed by atoms with Gasteiger partial charge < -0.3 is 14.4 Å². The molecule has 4 rings (SSSR count). The van der Waals surface area contributed by atoms with Crippen LogP contribution in [-0.2, 0) is 4.79 Å². The van der Waals surface area contributed by atoms with Gasteiger partial charge in [-0.2, -0.15) is 0 Å². The van der Waals surface area contributed by atoms with Crippen molar-refractivity contribution in [2.75, 3.05) is 32.2 Å². The van der Waals surface area contributed by atoms with Gasteiger partial charge in [-0.1, -0.05) is 42.5 Å². The lowest BCUT2D eigenvalue weighted by molar-refractivity contribution is -0.112. The minimum absolute atomic E-state index is 0.0822. The Labute approximate surface area is 183 Å². The molecule has 3 aromatic carbocycles. The van der Waals surface area contributed by atoms with Gasteiger partial charge in [0, 0.05) is 29.9 Å². The van der Waals surface area contributed by atoms with Crippen molar-refractivity contribution in [3.05, 3.63) is 101 Å². The summed E-state index contributed by atoms with van der Waals surface area (Å²) in [5, 5.41) is 0. The SMILES string of the molecule is COc1ccc(/C=C2\CN(c3ccccc3)C/C(=C\c3ccc(OC)cc3)C2=O)cc1. The molecule has 0 bridgehead atoms. The normalized spacial score (nSPS) is 16.6. The zero-order valence-electron chi connectivity index (χ0n) is 17.7. The number of anilines is 1. The van der Waals surface area contributed by atoms with Gasteiger partial charge in [0.25, 0.3) is 0 Å². The van der Waals surface area contributed by atoms with Crippen molar-refractivity contribution in [1.82, 2.24) is 0 Å². The van der Waals surface area contributed by atoms with Crippen LogP contribution in [0.1, 0.15) is 11.1 Å². The first-order valence-electron chi connectivity index (χ1n) is 10.2. The summed E-state index contributed by atoms with van der Waals surface area (Å²) in [7, 11) is 3.29. The van der Waals surface area contributed by atoms with Gasteiger partial charge in [-0.3, -0.25) is 4.79 Å². The Bertz CT molecular complexity index is 1030. The molecule has 1 aliphatic rings. The number of benzene rings is 3. The highest BCUT2D eigenvalue weighted by Crippen LogP contribution is 2.27. The van der Waals surface area contributed by atoms with E-state index in [4.69, 9.17) is 9.47 Å². The largest absolute Gasteiger partial charge is 0.497 e. The first-order valence-corrected chi connectivity index (χ1v) is 10.2. The molecule has 1 aliphatic heterocycles. The van der Waals surface area contributed by atoms with Crippen LogP contribution in [0.2, 0.25) is 0 Å². The van der Waals surface area contributed by atoms with Crippen molar-refractivity contribution in [2.24, 2.45) is 0 Å². The highest BCUT2D eigenvalue weighted by atomic mass is 16.5. The number of ketones is 1. The number of Topliss-reactive ketones (excluding diaryl/α,β-unsaturated/α-hetero) is 1. The van der Waals surface area contributed by atoms with Gasteiger partial charge in [0.05, 0.1) is 14.2 Å². The lowest BCUT2D eigenvalue weighted by atomic mass is 9.93. The molecule has 1 heterocycles. The first-order chi connectivity index (χ1) is 15.2. The van der Waals surface area contributed by atoms with Crippen LogP contribution in [0.5, 0.6) is 11.5 Å². The number of hydrogen-bond donors (Lipinski definition) is 0. The summed E-state index contributed by atoms with van der Waals surface area (Å²) in [4.78, 5) is 15.6. The van der Waals surface area contributed by atoms with E-state index in [0.29, 0.717) is 13.1 Å². The number of piperidine rings is 1. The summed E-state index contributed by atoms with van der Waals surface area (Å²) >= 11 is 0. The molecule has 0 radical (unpaired) electrons. The average Bonchev–Trinajstić information content (AvgIpc) is 2.83.